The Labute approximate surface area is 122 Å². The van der Waals surface area contributed by atoms with Gasteiger partial charge in [0.25, 0.3) is 0 Å². The maximum absolute atomic E-state index is 12.1. The molecule has 110 valence electrons. The fourth-order valence-corrected chi connectivity index (χ4v) is 3.19. The molecule has 0 aliphatic rings. The lowest BCUT2D eigenvalue weighted by atomic mass is 10.4. The minimum atomic E-state index is -3.52. The molecule has 9 heteroatoms. The van der Waals surface area contributed by atoms with Crippen molar-refractivity contribution < 1.29 is 8.42 Å². The summed E-state index contributed by atoms with van der Waals surface area (Å²) in [5.74, 6) is 0. The van der Waals surface area contributed by atoms with Crippen molar-refractivity contribution >= 4 is 21.4 Å². The van der Waals surface area contributed by atoms with E-state index in [9.17, 15) is 8.42 Å². The summed E-state index contributed by atoms with van der Waals surface area (Å²) in [5, 5.41) is 7.09. The zero-order valence-corrected chi connectivity index (χ0v) is 12.7. The minimum absolute atomic E-state index is 0.187. The third-order valence-corrected chi connectivity index (χ3v) is 4.79. The second kappa shape index (κ2) is 6.93. The zero-order chi connectivity index (χ0) is 14.4. The predicted molar refractivity (Wildman–Crippen MR) is 76.9 cm³/mol. The van der Waals surface area contributed by atoms with Gasteiger partial charge in [0.2, 0.25) is 10.0 Å². The lowest BCUT2D eigenvalue weighted by molar-refractivity contribution is 0.560. The van der Waals surface area contributed by atoms with Gasteiger partial charge in [-0.15, -0.1) is 11.3 Å². The van der Waals surface area contributed by atoms with E-state index in [-0.39, 0.29) is 11.4 Å². The Morgan fingerprint density at radius 2 is 2.25 bits per heavy atom. The molecule has 2 rings (SSSR count). The molecule has 20 heavy (non-hydrogen) atoms. The maximum atomic E-state index is 12.1. The summed E-state index contributed by atoms with van der Waals surface area (Å²) < 4.78 is 28.3. The number of nitrogens with zero attached hydrogens (tertiary/aromatic N) is 3. The van der Waals surface area contributed by atoms with Crippen LogP contribution in [0.25, 0.3) is 0 Å². The van der Waals surface area contributed by atoms with E-state index in [1.54, 1.807) is 22.6 Å². The van der Waals surface area contributed by atoms with E-state index in [0.717, 1.165) is 17.8 Å². The van der Waals surface area contributed by atoms with Gasteiger partial charge in [0.05, 0.1) is 11.7 Å². The van der Waals surface area contributed by atoms with Crippen LogP contribution in [0.4, 0.5) is 0 Å². The average molecular weight is 315 g/mol. The normalized spacial score (nSPS) is 11.8. The largest absolute Gasteiger partial charge is 0.320 e. The molecule has 7 nitrogen and oxygen atoms in total. The van der Waals surface area contributed by atoms with E-state index in [4.69, 9.17) is 0 Å². The molecule has 0 aliphatic carbocycles. The number of hydrogen-bond acceptors (Lipinski definition) is 6. The first-order valence-corrected chi connectivity index (χ1v) is 8.52. The van der Waals surface area contributed by atoms with Crippen LogP contribution in [0.2, 0.25) is 0 Å². The molecule has 2 aromatic rings. The van der Waals surface area contributed by atoms with Crippen molar-refractivity contribution in [2.24, 2.45) is 0 Å². The van der Waals surface area contributed by atoms with Crippen molar-refractivity contribution in [3.63, 3.8) is 0 Å². The maximum Gasteiger partial charge on any atom is 0.244 e. The molecule has 0 fully saturated rings. The van der Waals surface area contributed by atoms with Crippen molar-refractivity contribution in [2.75, 3.05) is 13.6 Å². The van der Waals surface area contributed by atoms with Crippen LogP contribution in [0.3, 0.4) is 0 Å². The summed E-state index contributed by atoms with van der Waals surface area (Å²) in [6, 6.07) is 0. The highest BCUT2D eigenvalue weighted by atomic mass is 32.2. The molecule has 0 bridgehead atoms. The van der Waals surface area contributed by atoms with Gasteiger partial charge in [-0.2, -0.15) is 5.10 Å². The van der Waals surface area contributed by atoms with Gasteiger partial charge < -0.3 is 5.32 Å². The van der Waals surface area contributed by atoms with Crippen LogP contribution in [0.1, 0.15) is 11.3 Å². The van der Waals surface area contributed by atoms with E-state index < -0.39 is 10.0 Å². The molecule has 0 spiro atoms. The fraction of sp³-hybridized carbons (Fsp3) is 0.455. The van der Waals surface area contributed by atoms with Crippen LogP contribution in [-0.4, -0.2) is 36.8 Å². The molecule has 2 N–H and O–H groups in total. The number of hydrogen-bond donors (Lipinski definition) is 2. The minimum Gasteiger partial charge on any atom is -0.320 e. The van der Waals surface area contributed by atoms with Crippen LogP contribution < -0.4 is 10.0 Å². The summed E-state index contributed by atoms with van der Waals surface area (Å²) in [6.07, 6.45) is 5.46. The Balaban J connectivity index is 1.95. The molecule has 2 aromatic heterocycles. The number of aromatic nitrogens is 3. The summed E-state index contributed by atoms with van der Waals surface area (Å²) >= 11 is 1.41. The predicted octanol–water partition coefficient (Wildman–Crippen LogP) is 0.428. The van der Waals surface area contributed by atoms with Crippen molar-refractivity contribution in [3.8, 4) is 0 Å². The zero-order valence-electron chi connectivity index (χ0n) is 11.1. The second-order valence-electron chi connectivity index (χ2n) is 4.19. The third-order valence-electron chi connectivity index (χ3n) is 2.65. The third kappa shape index (κ3) is 4.10. The smallest absolute Gasteiger partial charge is 0.244 e. The van der Waals surface area contributed by atoms with Crippen LogP contribution in [0.15, 0.2) is 29.0 Å². The van der Waals surface area contributed by atoms with E-state index >= 15 is 0 Å². The molecule has 2 heterocycles. The van der Waals surface area contributed by atoms with Gasteiger partial charge in [-0.25, -0.2) is 13.1 Å². The first kappa shape index (κ1) is 15.1. The van der Waals surface area contributed by atoms with Gasteiger partial charge >= 0.3 is 0 Å². The van der Waals surface area contributed by atoms with E-state index in [1.807, 2.05) is 7.05 Å². The quantitative estimate of drug-likeness (QED) is 0.690. The SMILES string of the molecule is CNCCCn1cc(S(=O)(=O)NCc2cncs2)cn1. The Morgan fingerprint density at radius 3 is 2.95 bits per heavy atom. The van der Waals surface area contributed by atoms with E-state index in [1.165, 1.54) is 17.5 Å². The van der Waals surface area contributed by atoms with Crippen molar-refractivity contribution in [2.45, 2.75) is 24.4 Å². The van der Waals surface area contributed by atoms with Gasteiger partial charge in [-0.3, -0.25) is 9.67 Å². The van der Waals surface area contributed by atoms with Crippen molar-refractivity contribution in [3.05, 3.63) is 29.0 Å². The molecule has 0 atom stereocenters. The Morgan fingerprint density at radius 1 is 1.40 bits per heavy atom. The first-order valence-electron chi connectivity index (χ1n) is 6.16. The number of thiazole rings is 1. The number of nitrogens with one attached hydrogen (secondary N) is 2. The van der Waals surface area contributed by atoms with Gasteiger partial charge in [0.15, 0.2) is 0 Å². The molecule has 0 saturated carbocycles. The highest BCUT2D eigenvalue weighted by Crippen LogP contribution is 2.10. The highest BCUT2D eigenvalue weighted by molar-refractivity contribution is 7.89. The van der Waals surface area contributed by atoms with Crippen LogP contribution in [0.5, 0.6) is 0 Å². The number of aryl methyl sites for hydroxylation is 1. The van der Waals surface area contributed by atoms with Crippen molar-refractivity contribution in [1.29, 1.82) is 0 Å². The summed E-state index contributed by atoms with van der Waals surface area (Å²) in [7, 11) is -1.64. The van der Waals surface area contributed by atoms with Crippen LogP contribution >= 0.6 is 11.3 Å². The standard InChI is InChI=1S/C11H17N5O2S2/c1-12-3-2-4-16-8-11(7-14-16)20(17,18)15-6-10-5-13-9-19-10/h5,7-9,12,15H,2-4,6H2,1H3. The fourth-order valence-electron chi connectivity index (χ4n) is 1.60. The van der Waals surface area contributed by atoms with Gasteiger partial charge in [-0.05, 0) is 20.0 Å². The molecule has 0 radical (unpaired) electrons. The molecule has 0 saturated heterocycles. The Hall–Kier alpha value is -1.29. The van der Waals surface area contributed by atoms with Crippen LogP contribution in [-0.2, 0) is 23.1 Å². The first-order chi connectivity index (χ1) is 9.62. The lowest BCUT2D eigenvalue weighted by Crippen LogP contribution is -2.22. The van der Waals surface area contributed by atoms with Gasteiger partial charge in [0.1, 0.15) is 4.90 Å². The van der Waals surface area contributed by atoms with Crippen LogP contribution in [0, 0.1) is 0 Å². The van der Waals surface area contributed by atoms with Gasteiger partial charge in [-0.1, -0.05) is 0 Å². The Bertz CT molecular complexity index is 621. The van der Waals surface area contributed by atoms with Gasteiger partial charge in [0, 0.05) is 30.4 Å². The Kier molecular flexibility index (Phi) is 5.24. The molecule has 0 aliphatic heterocycles. The lowest BCUT2D eigenvalue weighted by Gasteiger charge is -2.02. The summed E-state index contributed by atoms with van der Waals surface area (Å²) in [5.41, 5.74) is 1.67. The highest BCUT2D eigenvalue weighted by Gasteiger charge is 2.16. The monoisotopic (exact) mass is 315 g/mol. The van der Waals surface area contributed by atoms with E-state index in [0.29, 0.717) is 6.54 Å². The molecular formula is C11H17N5O2S2. The second-order valence-corrected chi connectivity index (χ2v) is 6.93. The van der Waals surface area contributed by atoms with Crippen molar-refractivity contribution in [1.82, 2.24) is 24.8 Å². The summed E-state index contributed by atoms with van der Waals surface area (Å²) in [6.45, 7) is 1.80. The topological polar surface area (TPSA) is 88.9 Å². The molecule has 0 unspecified atom stereocenters. The molecular weight excluding hydrogens is 298 g/mol. The van der Waals surface area contributed by atoms with E-state index in [2.05, 4.69) is 20.1 Å². The number of rotatable bonds is 8. The number of sulfonamides is 1. The molecule has 0 aromatic carbocycles. The summed E-state index contributed by atoms with van der Waals surface area (Å²) in [4.78, 5) is 4.96. The average Bonchev–Trinajstić information content (AvgIpc) is 3.08. The molecule has 0 amide bonds.